The SMILES string of the molecule is CCNC(=NCc1ccc(NC(=O)OC)cc1)NCCc1cccc(F)c1. The van der Waals surface area contributed by atoms with E-state index in [0.717, 1.165) is 17.7 Å². The van der Waals surface area contributed by atoms with Crippen LogP contribution in [0.25, 0.3) is 0 Å². The van der Waals surface area contributed by atoms with E-state index in [9.17, 15) is 9.18 Å². The first-order valence-corrected chi connectivity index (χ1v) is 8.81. The molecule has 6 nitrogen and oxygen atoms in total. The van der Waals surface area contributed by atoms with Gasteiger partial charge in [-0.2, -0.15) is 0 Å². The molecule has 0 atom stereocenters. The largest absolute Gasteiger partial charge is 0.453 e. The third-order valence-electron chi connectivity index (χ3n) is 3.74. The molecule has 2 aromatic rings. The zero-order chi connectivity index (χ0) is 19.5. The highest BCUT2D eigenvalue weighted by molar-refractivity contribution is 5.84. The molecule has 0 bridgehead atoms. The van der Waals surface area contributed by atoms with E-state index in [1.165, 1.54) is 19.2 Å². The Labute approximate surface area is 158 Å². The lowest BCUT2D eigenvalue weighted by atomic mass is 10.1. The van der Waals surface area contributed by atoms with Crippen molar-refractivity contribution in [2.75, 3.05) is 25.5 Å². The maximum Gasteiger partial charge on any atom is 0.411 e. The average Bonchev–Trinajstić information content (AvgIpc) is 2.67. The third-order valence-corrected chi connectivity index (χ3v) is 3.74. The maximum absolute atomic E-state index is 13.2. The van der Waals surface area contributed by atoms with Gasteiger partial charge in [0.25, 0.3) is 0 Å². The summed E-state index contributed by atoms with van der Waals surface area (Å²) in [5, 5.41) is 9.04. The van der Waals surface area contributed by atoms with Crippen LogP contribution in [-0.2, 0) is 17.7 Å². The topological polar surface area (TPSA) is 74.8 Å². The number of anilines is 1. The number of nitrogens with zero attached hydrogens (tertiary/aromatic N) is 1. The second kappa shape index (κ2) is 10.8. The second-order valence-corrected chi connectivity index (χ2v) is 5.82. The number of rotatable bonds is 7. The minimum Gasteiger partial charge on any atom is -0.453 e. The number of carbonyl (C=O) groups excluding carboxylic acids is 1. The lowest BCUT2D eigenvalue weighted by Crippen LogP contribution is -2.38. The predicted molar refractivity (Wildman–Crippen MR) is 105 cm³/mol. The number of ether oxygens (including phenoxy) is 1. The molecule has 0 saturated heterocycles. The molecular formula is C20H25FN4O2. The molecule has 2 aromatic carbocycles. The van der Waals surface area contributed by atoms with Gasteiger partial charge in [0, 0.05) is 18.8 Å². The highest BCUT2D eigenvalue weighted by atomic mass is 19.1. The molecule has 0 spiro atoms. The fourth-order valence-corrected chi connectivity index (χ4v) is 2.39. The van der Waals surface area contributed by atoms with E-state index in [1.54, 1.807) is 18.2 Å². The van der Waals surface area contributed by atoms with Crippen LogP contribution in [-0.4, -0.2) is 32.3 Å². The fourth-order valence-electron chi connectivity index (χ4n) is 2.39. The summed E-state index contributed by atoms with van der Waals surface area (Å²) in [6, 6.07) is 14.0. The van der Waals surface area contributed by atoms with Crippen LogP contribution in [0.4, 0.5) is 14.9 Å². The summed E-state index contributed by atoms with van der Waals surface area (Å²) in [4.78, 5) is 15.7. The molecule has 144 valence electrons. The van der Waals surface area contributed by atoms with Crippen molar-refractivity contribution >= 4 is 17.7 Å². The number of benzene rings is 2. The van der Waals surface area contributed by atoms with Crippen molar-refractivity contribution in [2.45, 2.75) is 19.9 Å². The lowest BCUT2D eigenvalue weighted by Gasteiger charge is -2.11. The number of methoxy groups -OCH3 is 1. The first-order chi connectivity index (χ1) is 13.1. The molecule has 0 aliphatic heterocycles. The Morgan fingerprint density at radius 1 is 1.11 bits per heavy atom. The molecule has 27 heavy (non-hydrogen) atoms. The van der Waals surface area contributed by atoms with E-state index in [0.29, 0.717) is 31.2 Å². The highest BCUT2D eigenvalue weighted by Crippen LogP contribution is 2.10. The molecule has 0 unspecified atom stereocenters. The Morgan fingerprint density at radius 2 is 1.89 bits per heavy atom. The Morgan fingerprint density at radius 3 is 2.56 bits per heavy atom. The monoisotopic (exact) mass is 372 g/mol. The first-order valence-electron chi connectivity index (χ1n) is 8.81. The zero-order valence-corrected chi connectivity index (χ0v) is 15.6. The smallest absolute Gasteiger partial charge is 0.411 e. The Bertz CT molecular complexity index is 763. The minimum atomic E-state index is -0.502. The van der Waals surface area contributed by atoms with Crippen LogP contribution in [0.15, 0.2) is 53.5 Å². The van der Waals surface area contributed by atoms with Gasteiger partial charge in [-0.1, -0.05) is 24.3 Å². The third kappa shape index (κ3) is 7.35. The molecule has 0 aliphatic carbocycles. The van der Waals surface area contributed by atoms with E-state index in [2.05, 4.69) is 25.7 Å². The summed E-state index contributed by atoms with van der Waals surface area (Å²) in [7, 11) is 1.32. The Balaban J connectivity index is 1.87. The van der Waals surface area contributed by atoms with E-state index < -0.39 is 6.09 Å². The highest BCUT2D eigenvalue weighted by Gasteiger charge is 2.02. The van der Waals surface area contributed by atoms with Gasteiger partial charge in [-0.05, 0) is 48.7 Å². The maximum atomic E-state index is 13.2. The van der Waals surface area contributed by atoms with Gasteiger partial charge >= 0.3 is 6.09 Å². The van der Waals surface area contributed by atoms with Crippen LogP contribution in [0.2, 0.25) is 0 Å². The van der Waals surface area contributed by atoms with Gasteiger partial charge in [-0.3, -0.25) is 5.32 Å². The van der Waals surface area contributed by atoms with Crippen molar-refractivity contribution in [3.05, 3.63) is 65.5 Å². The summed E-state index contributed by atoms with van der Waals surface area (Å²) in [5.74, 6) is 0.476. The standard InChI is InChI=1S/C20H25FN4O2/c1-3-22-19(23-12-11-15-5-4-6-17(21)13-15)24-14-16-7-9-18(10-8-16)25-20(26)27-2/h4-10,13H,3,11-12,14H2,1-2H3,(H,25,26)(H2,22,23,24). The number of carbonyl (C=O) groups is 1. The molecule has 3 N–H and O–H groups in total. The van der Waals surface area contributed by atoms with Crippen LogP contribution in [0, 0.1) is 5.82 Å². The zero-order valence-electron chi connectivity index (χ0n) is 15.6. The van der Waals surface area contributed by atoms with Crippen molar-refractivity contribution in [3.63, 3.8) is 0 Å². The number of aliphatic imine (C=N–C) groups is 1. The summed E-state index contributed by atoms with van der Waals surface area (Å²) in [6.07, 6.45) is 0.202. The number of amides is 1. The van der Waals surface area contributed by atoms with Crippen molar-refractivity contribution in [1.29, 1.82) is 0 Å². The summed E-state index contributed by atoms with van der Waals surface area (Å²) < 4.78 is 17.8. The van der Waals surface area contributed by atoms with E-state index in [4.69, 9.17) is 0 Å². The molecular weight excluding hydrogens is 347 g/mol. The summed E-state index contributed by atoms with van der Waals surface area (Å²) in [6.45, 7) is 3.88. The van der Waals surface area contributed by atoms with Crippen molar-refractivity contribution < 1.29 is 13.9 Å². The molecule has 0 heterocycles. The van der Waals surface area contributed by atoms with Gasteiger partial charge in [0.1, 0.15) is 5.82 Å². The van der Waals surface area contributed by atoms with Gasteiger partial charge in [-0.15, -0.1) is 0 Å². The molecule has 0 radical (unpaired) electrons. The molecule has 1 amide bonds. The van der Waals surface area contributed by atoms with Crippen molar-refractivity contribution in [1.82, 2.24) is 10.6 Å². The lowest BCUT2D eigenvalue weighted by molar-refractivity contribution is 0.187. The molecule has 0 saturated carbocycles. The summed E-state index contributed by atoms with van der Waals surface area (Å²) >= 11 is 0. The number of hydrogen-bond donors (Lipinski definition) is 3. The van der Waals surface area contributed by atoms with Gasteiger partial charge in [0.15, 0.2) is 5.96 Å². The molecule has 0 fully saturated rings. The quantitative estimate of drug-likeness (QED) is 0.515. The van der Waals surface area contributed by atoms with Crippen LogP contribution in [0.1, 0.15) is 18.1 Å². The van der Waals surface area contributed by atoms with E-state index >= 15 is 0 Å². The summed E-state index contributed by atoms with van der Waals surface area (Å²) in [5.41, 5.74) is 2.61. The predicted octanol–water partition coefficient (Wildman–Crippen LogP) is 3.30. The number of hydrogen-bond acceptors (Lipinski definition) is 3. The Hall–Kier alpha value is -3.09. The molecule has 7 heteroatoms. The fraction of sp³-hybridized carbons (Fsp3) is 0.300. The minimum absolute atomic E-state index is 0.224. The number of halogens is 1. The van der Waals surface area contributed by atoms with Crippen LogP contribution >= 0.6 is 0 Å². The van der Waals surface area contributed by atoms with Gasteiger partial charge < -0.3 is 15.4 Å². The van der Waals surface area contributed by atoms with Crippen molar-refractivity contribution in [3.8, 4) is 0 Å². The van der Waals surface area contributed by atoms with Gasteiger partial charge in [0.05, 0.1) is 13.7 Å². The van der Waals surface area contributed by atoms with E-state index in [1.807, 2.05) is 25.1 Å². The second-order valence-electron chi connectivity index (χ2n) is 5.82. The van der Waals surface area contributed by atoms with Gasteiger partial charge in [0.2, 0.25) is 0 Å². The van der Waals surface area contributed by atoms with Crippen LogP contribution < -0.4 is 16.0 Å². The molecule has 0 aliphatic rings. The normalized spacial score (nSPS) is 11.0. The van der Waals surface area contributed by atoms with Crippen LogP contribution in [0.3, 0.4) is 0 Å². The van der Waals surface area contributed by atoms with Gasteiger partial charge in [-0.25, -0.2) is 14.2 Å². The molecule has 0 aromatic heterocycles. The molecule has 2 rings (SSSR count). The first kappa shape index (κ1) is 20.2. The van der Waals surface area contributed by atoms with Crippen molar-refractivity contribution in [2.24, 2.45) is 4.99 Å². The number of guanidine groups is 1. The van der Waals surface area contributed by atoms with Crippen LogP contribution in [0.5, 0.6) is 0 Å². The Kier molecular flexibility index (Phi) is 8.09. The average molecular weight is 372 g/mol. The van der Waals surface area contributed by atoms with E-state index in [-0.39, 0.29) is 5.82 Å². The number of nitrogens with one attached hydrogen (secondary N) is 3.